The van der Waals surface area contributed by atoms with Crippen LogP contribution in [0.3, 0.4) is 0 Å². The summed E-state index contributed by atoms with van der Waals surface area (Å²) in [5.41, 5.74) is 0.770. The van der Waals surface area contributed by atoms with Crippen LogP contribution in [0.4, 0.5) is 0 Å². The number of halogens is 2. The molecule has 1 aliphatic rings. The van der Waals surface area contributed by atoms with Crippen LogP contribution < -0.4 is 0 Å². The normalized spacial score (nSPS) is 19.6. The lowest BCUT2D eigenvalue weighted by molar-refractivity contribution is -0.137. The standard InChI is InChI=1S/C10H7Cl2NO2S/c11-6-1-5(2-7(12)3-6)9-13-8(4-16-9)10(14)15/h1-3,8H,4H2,(H,14,15). The summed E-state index contributed by atoms with van der Waals surface area (Å²) < 4.78 is 0. The van der Waals surface area contributed by atoms with Crippen LogP contribution in [0, 0.1) is 0 Å². The van der Waals surface area contributed by atoms with E-state index in [4.69, 9.17) is 28.3 Å². The predicted octanol–water partition coefficient (Wildman–Crippen LogP) is 2.94. The summed E-state index contributed by atoms with van der Waals surface area (Å²) in [7, 11) is 0. The number of aliphatic carboxylic acids is 1. The van der Waals surface area contributed by atoms with E-state index in [9.17, 15) is 4.79 Å². The Hall–Kier alpha value is -0.710. The van der Waals surface area contributed by atoms with Gasteiger partial charge in [0.1, 0.15) is 0 Å². The van der Waals surface area contributed by atoms with Gasteiger partial charge in [-0.1, -0.05) is 23.2 Å². The van der Waals surface area contributed by atoms with Crippen molar-refractivity contribution in [3.63, 3.8) is 0 Å². The van der Waals surface area contributed by atoms with Crippen molar-refractivity contribution in [3.05, 3.63) is 33.8 Å². The summed E-state index contributed by atoms with van der Waals surface area (Å²) >= 11 is 13.1. The van der Waals surface area contributed by atoms with E-state index < -0.39 is 12.0 Å². The average molecular weight is 276 g/mol. The van der Waals surface area contributed by atoms with Crippen LogP contribution in [-0.4, -0.2) is 27.9 Å². The fourth-order valence-corrected chi connectivity index (χ4v) is 2.88. The van der Waals surface area contributed by atoms with Gasteiger partial charge in [0, 0.05) is 21.4 Å². The molecule has 0 aromatic heterocycles. The molecule has 0 saturated carbocycles. The quantitative estimate of drug-likeness (QED) is 0.903. The summed E-state index contributed by atoms with van der Waals surface area (Å²) in [5, 5.41) is 10.5. The SMILES string of the molecule is O=C(O)C1CSC(c2cc(Cl)cc(Cl)c2)=N1. The van der Waals surface area contributed by atoms with E-state index in [1.807, 2.05) is 0 Å². The number of benzene rings is 1. The van der Waals surface area contributed by atoms with Crippen molar-refractivity contribution in [2.45, 2.75) is 6.04 Å². The van der Waals surface area contributed by atoms with E-state index in [0.717, 1.165) is 5.56 Å². The molecule has 0 saturated heterocycles. The van der Waals surface area contributed by atoms with Crippen LogP contribution in [-0.2, 0) is 4.79 Å². The van der Waals surface area contributed by atoms with Gasteiger partial charge in [-0.05, 0) is 18.2 Å². The third kappa shape index (κ3) is 2.51. The molecule has 0 bridgehead atoms. The Morgan fingerprint density at radius 1 is 1.38 bits per heavy atom. The van der Waals surface area contributed by atoms with E-state index in [1.54, 1.807) is 18.2 Å². The summed E-state index contributed by atoms with van der Waals surface area (Å²) in [4.78, 5) is 14.8. The van der Waals surface area contributed by atoms with Crippen LogP contribution in [0.25, 0.3) is 0 Å². The van der Waals surface area contributed by atoms with Gasteiger partial charge in [-0.15, -0.1) is 11.8 Å². The molecule has 0 fully saturated rings. The van der Waals surface area contributed by atoms with Gasteiger partial charge in [-0.2, -0.15) is 0 Å². The van der Waals surface area contributed by atoms with Gasteiger partial charge in [-0.25, -0.2) is 4.79 Å². The van der Waals surface area contributed by atoms with Gasteiger partial charge >= 0.3 is 5.97 Å². The first-order valence-corrected chi connectivity index (χ1v) is 6.20. The van der Waals surface area contributed by atoms with E-state index >= 15 is 0 Å². The van der Waals surface area contributed by atoms with Crippen LogP contribution in [0.1, 0.15) is 5.56 Å². The van der Waals surface area contributed by atoms with Gasteiger partial charge in [-0.3, -0.25) is 4.99 Å². The van der Waals surface area contributed by atoms with Crippen LogP contribution in [0.15, 0.2) is 23.2 Å². The van der Waals surface area contributed by atoms with Gasteiger partial charge < -0.3 is 5.11 Å². The molecule has 0 radical (unpaired) electrons. The van der Waals surface area contributed by atoms with E-state index in [2.05, 4.69) is 4.99 Å². The first-order chi connectivity index (χ1) is 7.56. The fourth-order valence-electron chi connectivity index (χ4n) is 1.34. The Labute approximate surface area is 106 Å². The molecule has 1 N–H and O–H groups in total. The highest BCUT2D eigenvalue weighted by Crippen LogP contribution is 2.27. The first-order valence-electron chi connectivity index (χ1n) is 4.46. The number of carboxylic acid groups (broad SMARTS) is 1. The Morgan fingerprint density at radius 2 is 2.00 bits per heavy atom. The fraction of sp³-hybridized carbons (Fsp3) is 0.200. The van der Waals surface area contributed by atoms with Gasteiger partial charge in [0.15, 0.2) is 6.04 Å². The van der Waals surface area contributed by atoms with Gasteiger partial charge in [0.2, 0.25) is 0 Å². The highest BCUT2D eigenvalue weighted by molar-refractivity contribution is 8.14. The lowest BCUT2D eigenvalue weighted by Crippen LogP contribution is -2.17. The summed E-state index contributed by atoms with van der Waals surface area (Å²) in [6.07, 6.45) is 0. The zero-order chi connectivity index (χ0) is 11.7. The number of rotatable bonds is 2. The molecule has 0 amide bonds. The Kier molecular flexibility index (Phi) is 3.42. The molecule has 0 spiro atoms. The number of carbonyl (C=O) groups is 1. The van der Waals surface area contributed by atoms with Crippen molar-refractivity contribution < 1.29 is 9.90 Å². The molecule has 2 rings (SSSR count). The minimum atomic E-state index is -0.907. The number of thioether (sulfide) groups is 1. The molecule has 6 heteroatoms. The second-order valence-corrected chi connectivity index (χ2v) is 5.14. The topological polar surface area (TPSA) is 49.7 Å². The minimum Gasteiger partial charge on any atom is -0.480 e. The van der Waals surface area contributed by atoms with Crippen molar-refractivity contribution in [1.29, 1.82) is 0 Å². The number of hydrogen-bond donors (Lipinski definition) is 1. The molecule has 1 aromatic rings. The van der Waals surface area contributed by atoms with Crippen molar-refractivity contribution in [1.82, 2.24) is 0 Å². The van der Waals surface area contributed by atoms with Crippen LogP contribution in [0.5, 0.6) is 0 Å². The molecule has 1 heterocycles. The molecular weight excluding hydrogens is 269 g/mol. The predicted molar refractivity (Wildman–Crippen MR) is 66.9 cm³/mol. The highest BCUT2D eigenvalue weighted by Gasteiger charge is 2.25. The maximum Gasteiger partial charge on any atom is 0.329 e. The number of hydrogen-bond acceptors (Lipinski definition) is 3. The zero-order valence-electron chi connectivity index (χ0n) is 7.98. The van der Waals surface area contributed by atoms with Crippen molar-refractivity contribution in [3.8, 4) is 0 Å². The number of carboxylic acids is 1. The van der Waals surface area contributed by atoms with Crippen LogP contribution in [0.2, 0.25) is 10.0 Å². The van der Waals surface area contributed by atoms with E-state index in [1.165, 1.54) is 11.8 Å². The number of aliphatic imine (C=N–C) groups is 1. The minimum absolute atomic E-state index is 0.453. The molecular formula is C10H7Cl2NO2S. The van der Waals surface area contributed by atoms with Crippen molar-refractivity contribution in [2.75, 3.05) is 5.75 Å². The monoisotopic (exact) mass is 275 g/mol. The van der Waals surface area contributed by atoms with Crippen molar-refractivity contribution in [2.24, 2.45) is 4.99 Å². The molecule has 3 nitrogen and oxygen atoms in total. The van der Waals surface area contributed by atoms with Gasteiger partial charge in [0.25, 0.3) is 0 Å². The molecule has 1 aromatic carbocycles. The summed E-state index contributed by atoms with van der Waals surface area (Å²) in [6.45, 7) is 0. The maximum atomic E-state index is 10.7. The summed E-state index contributed by atoms with van der Waals surface area (Å²) in [6, 6.07) is 4.41. The molecule has 1 unspecified atom stereocenters. The molecule has 0 aliphatic carbocycles. The van der Waals surface area contributed by atoms with E-state index in [0.29, 0.717) is 20.8 Å². The third-order valence-corrected chi connectivity index (χ3v) is 3.58. The highest BCUT2D eigenvalue weighted by atomic mass is 35.5. The Morgan fingerprint density at radius 3 is 2.50 bits per heavy atom. The molecule has 84 valence electrons. The lowest BCUT2D eigenvalue weighted by Gasteiger charge is -2.01. The molecule has 16 heavy (non-hydrogen) atoms. The zero-order valence-corrected chi connectivity index (χ0v) is 10.3. The Bertz CT molecular complexity index is 456. The molecule has 1 atom stereocenters. The number of nitrogens with zero attached hydrogens (tertiary/aromatic N) is 1. The van der Waals surface area contributed by atoms with Crippen LogP contribution >= 0.6 is 35.0 Å². The maximum absolute atomic E-state index is 10.7. The molecule has 1 aliphatic heterocycles. The first kappa shape index (κ1) is 11.8. The largest absolute Gasteiger partial charge is 0.480 e. The van der Waals surface area contributed by atoms with Gasteiger partial charge in [0.05, 0.1) is 5.04 Å². The summed E-state index contributed by atoms with van der Waals surface area (Å²) in [5.74, 6) is -0.454. The van der Waals surface area contributed by atoms with E-state index in [-0.39, 0.29) is 0 Å². The van der Waals surface area contributed by atoms with Crippen molar-refractivity contribution >= 4 is 46.0 Å². The Balaban J connectivity index is 2.32. The average Bonchev–Trinajstić information content (AvgIpc) is 2.64. The smallest absolute Gasteiger partial charge is 0.329 e. The second-order valence-electron chi connectivity index (χ2n) is 3.26. The third-order valence-electron chi connectivity index (χ3n) is 2.05. The lowest BCUT2D eigenvalue weighted by atomic mass is 10.2. The second kappa shape index (κ2) is 4.65.